The predicted octanol–water partition coefficient (Wildman–Crippen LogP) is 16.4. The number of thiophene rings is 1. The Labute approximate surface area is 339 Å². The first-order valence-corrected chi connectivity index (χ1v) is 21.5. The average molecular weight is 752 g/mol. The minimum atomic E-state index is -0.105. The van der Waals surface area contributed by atoms with E-state index in [-0.39, 0.29) is 5.41 Å². The molecule has 0 unspecified atom stereocenters. The molecule has 0 N–H and O–H groups in total. The summed E-state index contributed by atoms with van der Waals surface area (Å²) in [5.74, 6) is 0.652. The molecule has 8 aromatic carbocycles. The molecule has 1 heterocycles. The lowest BCUT2D eigenvalue weighted by atomic mass is 9.78. The van der Waals surface area contributed by atoms with Crippen LogP contribution in [0.4, 0.5) is 17.1 Å². The third kappa shape index (κ3) is 5.57. The van der Waals surface area contributed by atoms with Gasteiger partial charge in [-0.15, -0.1) is 11.3 Å². The van der Waals surface area contributed by atoms with E-state index >= 15 is 0 Å². The zero-order valence-corrected chi connectivity index (χ0v) is 33.5. The van der Waals surface area contributed by atoms with Gasteiger partial charge < -0.3 is 4.90 Å². The van der Waals surface area contributed by atoms with Crippen LogP contribution in [-0.2, 0) is 5.41 Å². The Balaban J connectivity index is 1.09. The Bertz CT molecular complexity index is 2960. The van der Waals surface area contributed by atoms with E-state index in [1.54, 1.807) is 5.56 Å². The molecule has 0 spiro atoms. The lowest BCUT2D eigenvalue weighted by Gasteiger charge is -2.29. The molecule has 2 aliphatic carbocycles. The zero-order valence-electron chi connectivity index (χ0n) is 32.6. The van der Waals surface area contributed by atoms with Gasteiger partial charge in [-0.3, -0.25) is 0 Å². The molecule has 276 valence electrons. The monoisotopic (exact) mass is 751 g/mol. The summed E-state index contributed by atoms with van der Waals surface area (Å²) in [4.78, 5) is 2.52. The molecule has 2 heteroatoms. The fourth-order valence-corrected chi connectivity index (χ4v) is 11.4. The molecule has 1 saturated carbocycles. The Kier molecular flexibility index (Phi) is 8.19. The van der Waals surface area contributed by atoms with Gasteiger partial charge in [0.2, 0.25) is 0 Å². The molecule has 0 atom stereocenters. The molecule has 0 amide bonds. The highest BCUT2D eigenvalue weighted by atomic mass is 32.1. The van der Waals surface area contributed by atoms with Crippen LogP contribution in [0.2, 0.25) is 0 Å². The van der Waals surface area contributed by atoms with E-state index in [1.165, 1.54) is 119 Å². The van der Waals surface area contributed by atoms with Crippen LogP contribution >= 0.6 is 11.3 Å². The van der Waals surface area contributed by atoms with E-state index in [9.17, 15) is 0 Å². The number of benzene rings is 8. The van der Waals surface area contributed by atoms with E-state index in [2.05, 4.69) is 189 Å². The molecule has 1 aromatic heterocycles. The fourth-order valence-electron chi connectivity index (χ4n) is 10.3. The molecule has 57 heavy (non-hydrogen) atoms. The minimum Gasteiger partial charge on any atom is -0.310 e. The molecule has 0 saturated heterocycles. The number of fused-ring (bicyclic) bond motifs is 7. The summed E-state index contributed by atoms with van der Waals surface area (Å²) in [6.07, 6.45) is 6.66. The first kappa shape index (κ1) is 34.3. The van der Waals surface area contributed by atoms with Gasteiger partial charge in [0.25, 0.3) is 0 Å². The first-order valence-electron chi connectivity index (χ1n) is 20.7. The van der Waals surface area contributed by atoms with Crippen LogP contribution in [0.5, 0.6) is 0 Å². The second-order valence-electron chi connectivity index (χ2n) is 16.7. The van der Waals surface area contributed by atoms with Gasteiger partial charge in [-0.2, -0.15) is 0 Å². The molecule has 9 aromatic rings. The van der Waals surface area contributed by atoms with Gasteiger partial charge in [0.15, 0.2) is 0 Å². The van der Waals surface area contributed by atoms with Crippen LogP contribution in [0.15, 0.2) is 170 Å². The molecule has 2 aliphatic rings. The topological polar surface area (TPSA) is 3.24 Å². The Hall–Kier alpha value is -5.96. The van der Waals surface area contributed by atoms with Crippen LogP contribution in [0.25, 0.3) is 64.3 Å². The number of nitrogens with zero attached hydrogens (tertiary/aromatic N) is 1. The van der Waals surface area contributed by atoms with Crippen molar-refractivity contribution in [3.05, 3.63) is 187 Å². The third-order valence-corrected chi connectivity index (χ3v) is 14.2. The van der Waals surface area contributed by atoms with Gasteiger partial charge >= 0.3 is 0 Å². The fraction of sp³-hybridized carbons (Fsp3) is 0.164. The van der Waals surface area contributed by atoms with Crippen LogP contribution in [0.3, 0.4) is 0 Å². The van der Waals surface area contributed by atoms with Crippen LogP contribution in [-0.4, -0.2) is 0 Å². The largest absolute Gasteiger partial charge is 0.310 e. The maximum absolute atomic E-state index is 2.52. The van der Waals surface area contributed by atoms with Crippen molar-refractivity contribution < 1.29 is 0 Å². The Morgan fingerprint density at radius 3 is 2.05 bits per heavy atom. The molecule has 1 fully saturated rings. The van der Waals surface area contributed by atoms with Crippen molar-refractivity contribution in [2.24, 2.45) is 0 Å². The highest BCUT2D eigenvalue weighted by Crippen LogP contribution is 2.55. The van der Waals surface area contributed by atoms with Crippen LogP contribution < -0.4 is 4.90 Å². The molecule has 0 radical (unpaired) electrons. The Morgan fingerprint density at radius 2 is 1.21 bits per heavy atom. The smallest absolute Gasteiger partial charge is 0.0554 e. The van der Waals surface area contributed by atoms with E-state index in [1.807, 2.05) is 11.3 Å². The quantitative estimate of drug-likeness (QED) is 0.164. The summed E-state index contributed by atoms with van der Waals surface area (Å²) < 4.78 is 2.63. The molecule has 1 nitrogen and oxygen atoms in total. The van der Waals surface area contributed by atoms with Crippen molar-refractivity contribution in [2.45, 2.75) is 57.3 Å². The first-order chi connectivity index (χ1) is 28.0. The van der Waals surface area contributed by atoms with E-state index < -0.39 is 0 Å². The van der Waals surface area contributed by atoms with Gasteiger partial charge in [-0.05, 0) is 122 Å². The van der Waals surface area contributed by atoms with Crippen molar-refractivity contribution in [1.29, 1.82) is 0 Å². The summed E-state index contributed by atoms with van der Waals surface area (Å²) in [7, 11) is 0. The van der Waals surface area contributed by atoms with Crippen molar-refractivity contribution in [3.63, 3.8) is 0 Å². The van der Waals surface area contributed by atoms with E-state index in [4.69, 9.17) is 0 Å². The molecular weight excluding hydrogens is 707 g/mol. The molecule has 11 rings (SSSR count). The lowest BCUT2D eigenvalue weighted by Crippen LogP contribution is -2.17. The summed E-state index contributed by atoms with van der Waals surface area (Å²) in [6, 6.07) is 63.7. The minimum absolute atomic E-state index is 0.105. The van der Waals surface area contributed by atoms with Crippen LogP contribution in [0.1, 0.15) is 68.6 Å². The predicted molar refractivity (Wildman–Crippen MR) is 246 cm³/mol. The maximum atomic E-state index is 2.52. The zero-order chi connectivity index (χ0) is 38.1. The van der Waals surface area contributed by atoms with E-state index in [0.29, 0.717) is 5.92 Å². The average Bonchev–Trinajstić information content (AvgIpc) is 3.76. The molecule has 0 aliphatic heterocycles. The third-order valence-electron chi connectivity index (χ3n) is 13.1. The highest BCUT2D eigenvalue weighted by molar-refractivity contribution is 7.26. The van der Waals surface area contributed by atoms with E-state index in [0.717, 1.165) is 5.69 Å². The summed E-state index contributed by atoms with van der Waals surface area (Å²) in [6.45, 7) is 4.87. The summed E-state index contributed by atoms with van der Waals surface area (Å²) in [5.41, 5.74) is 15.8. The second-order valence-corrected chi connectivity index (χ2v) is 17.7. The number of anilines is 3. The number of rotatable bonds is 6. The lowest BCUT2D eigenvalue weighted by molar-refractivity contribution is 0.444. The van der Waals surface area contributed by atoms with Gasteiger partial charge in [0.05, 0.1) is 5.69 Å². The maximum Gasteiger partial charge on any atom is 0.0554 e. The Morgan fingerprint density at radius 1 is 0.509 bits per heavy atom. The summed E-state index contributed by atoms with van der Waals surface area (Å²) in [5, 5.41) is 5.15. The standard InChI is InChI=1S/C55H45NS/c1-55(2)47-23-13-22-43(36-15-5-3-6-16-36)53(47)45-34-32-41(35-48(45)55)56(49-24-14-26-51-54(49)46-21-11-12-25-50(46)57-51)40-30-27-38(28-31-40)44-33-29-37-17-9-10-20-42(37)52(44)39-18-7-4-8-19-39/h4,7-14,17-36H,3,5-6,15-16H2,1-2H3. The van der Waals surface area contributed by atoms with Gasteiger partial charge in [-0.1, -0.05) is 161 Å². The van der Waals surface area contributed by atoms with Crippen molar-refractivity contribution >= 4 is 59.3 Å². The molecular formula is C55H45NS. The number of hydrogen-bond acceptors (Lipinski definition) is 2. The van der Waals surface area contributed by atoms with Crippen molar-refractivity contribution in [2.75, 3.05) is 4.90 Å². The normalized spacial score (nSPS) is 14.9. The number of hydrogen-bond donors (Lipinski definition) is 0. The molecule has 0 bridgehead atoms. The summed E-state index contributed by atoms with van der Waals surface area (Å²) >= 11 is 1.88. The SMILES string of the molecule is CC1(C)c2cc(N(c3ccc(-c4ccc5ccccc5c4-c4ccccc4)cc3)c3cccc4sc5ccccc5c34)ccc2-c2c(C3CCCCC3)cccc21. The highest BCUT2D eigenvalue weighted by Gasteiger charge is 2.38. The van der Waals surface area contributed by atoms with Crippen LogP contribution in [0, 0.1) is 0 Å². The van der Waals surface area contributed by atoms with Gasteiger partial charge in [0.1, 0.15) is 0 Å². The van der Waals surface area contributed by atoms with Gasteiger partial charge in [-0.25, -0.2) is 0 Å². The van der Waals surface area contributed by atoms with Gasteiger partial charge in [0, 0.05) is 37.0 Å². The second kappa shape index (κ2) is 13.6. The van der Waals surface area contributed by atoms with Crippen molar-refractivity contribution in [1.82, 2.24) is 0 Å². The van der Waals surface area contributed by atoms with Crippen molar-refractivity contribution in [3.8, 4) is 33.4 Å².